The fraction of sp³-hybridized carbons (Fsp3) is 0.111. The molecule has 0 spiro atoms. The molecule has 0 unspecified atom stereocenters. The number of nitrogens with zero attached hydrogens (tertiary/aromatic N) is 4. The normalized spacial score (nSPS) is 11.7. The summed E-state index contributed by atoms with van der Waals surface area (Å²) in [4.78, 5) is 7.76. The van der Waals surface area contributed by atoms with E-state index in [9.17, 15) is 0 Å². The van der Waals surface area contributed by atoms with Crippen LogP contribution in [0.2, 0.25) is 0 Å². The Balaban J connectivity index is 2.43. The van der Waals surface area contributed by atoms with Crippen molar-refractivity contribution in [1.29, 1.82) is 0 Å². The monoisotopic (exact) mass is 220 g/mol. The molecule has 0 aliphatic rings. The van der Waals surface area contributed by atoms with E-state index < -0.39 is 0 Å². The summed E-state index contributed by atoms with van der Waals surface area (Å²) in [5.74, 6) is 0. The van der Waals surface area contributed by atoms with Crippen molar-refractivity contribution in [3.63, 3.8) is 0 Å². The lowest BCUT2D eigenvalue weighted by Crippen LogP contribution is -1.90. The number of hydrogen-bond acceptors (Lipinski definition) is 6. The number of aryl methyl sites for hydroxylation is 1. The quantitative estimate of drug-likeness (QED) is 0.778. The summed E-state index contributed by atoms with van der Waals surface area (Å²) in [5, 5.41) is 18.5. The zero-order valence-electron chi connectivity index (χ0n) is 7.95. The summed E-state index contributed by atoms with van der Waals surface area (Å²) in [6, 6.07) is 0. The molecule has 0 aliphatic carbocycles. The van der Waals surface area contributed by atoms with Crippen molar-refractivity contribution in [3.8, 4) is 0 Å². The van der Waals surface area contributed by atoms with Gasteiger partial charge in [-0.15, -0.1) is 10.2 Å². The van der Waals surface area contributed by atoms with E-state index >= 15 is 0 Å². The first-order valence-electron chi connectivity index (χ1n) is 4.21. The van der Waals surface area contributed by atoms with Crippen LogP contribution in [-0.2, 0) is 0 Å². The molecule has 1 N–H and O–H groups in total. The van der Waals surface area contributed by atoms with Crippen molar-refractivity contribution in [2.24, 2.45) is 0 Å². The molecule has 6 heteroatoms. The highest BCUT2D eigenvalue weighted by Crippen LogP contribution is 2.24. The van der Waals surface area contributed by atoms with Gasteiger partial charge in [0, 0.05) is 18.0 Å². The molecule has 0 bridgehead atoms. The summed E-state index contributed by atoms with van der Waals surface area (Å²) >= 11 is 1.41. The van der Waals surface area contributed by atoms with E-state index in [4.69, 9.17) is 5.11 Å². The second kappa shape index (κ2) is 4.14. The average Bonchev–Trinajstić information content (AvgIpc) is 2.68. The van der Waals surface area contributed by atoms with Crippen LogP contribution in [0.5, 0.6) is 0 Å². The van der Waals surface area contributed by atoms with Gasteiger partial charge in [-0.25, -0.2) is 9.97 Å². The van der Waals surface area contributed by atoms with Gasteiger partial charge in [-0.1, -0.05) is 11.3 Å². The van der Waals surface area contributed by atoms with Crippen LogP contribution in [0.4, 0.5) is 0 Å². The molecule has 5 nitrogen and oxygen atoms in total. The van der Waals surface area contributed by atoms with Gasteiger partial charge in [-0.05, 0) is 6.92 Å². The summed E-state index contributed by atoms with van der Waals surface area (Å²) in [5.41, 5.74) is 1.30. The summed E-state index contributed by atoms with van der Waals surface area (Å²) in [7, 11) is 0. The Kier molecular flexibility index (Phi) is 2.68. The Bertz CT molecular complexity index is 480. The summed E-state index contributed by atoms with van der Waals surface area (Å²) in [6.07, 6.45) is 5.67. The van der Waals surface area contributed by atoms with Crippen LogP contribution < -0.4 is 0 Å². The molecule has 0 fully saturated rings. The van der Waals surface area contributed by atoms with E-state index in [0.717, 1.165) is 16.8 Å². The molecule has 15 heavy (non-hydrogen) atoms. The summed E-state index contributed by atoms with van der Waals surface area (Å²) < 4.78 is 0. The van der Waals surface area contributed by atoms with Crippen LogP contribution in [-0.4, -0.2) is 25.3 Å². The fourth-order valence-corrected chi connectivity index (χ4v) is 1.82. The highest BCUT2D eigenvalue weighted by molar-refractivity contribution is 7.12. The first-order chi connectivity index (χ1) is 7.31. The van der Waals surface area contributed by atoms with Gasteiger partial charge in [-0.3, -0.25) is 0 Å². The topological polar surface area (TPSA) is 71.8 Å². The zero-order chi connectivity index (χ0) is 10.7. The smallest absolute Gasteiger partial charge is 0.151 e. The van der Waals surface area contributed by atoms with Crippen molar-refractivity contribution in [2.75, 3.05) is 0 Å². The number of aromatic nitrogens is 4. The predicted molar refractivity (Wildman–Crippen MR) is 56.4 cm³/mol. The third-order valence-corrected chi connectivity index (χ3v) is 2.63. The molecule has 0 saturated carbocycles. The molecule has 2 aromatic heterocycles. The maximum absolute atomic E-state index is 9.16. The van der Waals surface area contributed by atoms with Crippen molar-refractivity contribution < 1.29 is 5.11 Å². The Hall–Kier alpha value is -1.82. The largest absolute Gasteiger partial charge is 0.515 e. The standard InChI is InChI=1S/C9H8N4OS/c1-6-12-13-9(15-6)8(4-14)7-2-10-5-11-3-7/h2-5,14H,1H3/b8-4+. The third kappa shape index (κ3) is 1.99. The molecule has 0 aromatic carbocycles. The Labute approximate surface area is 90.2 Å². The number of hydrogen-bond donors (Lipinski definition) is 1. The molecular formula is C9H8N4OS. The van der Waals surface area contributed by atoms with Crippen LogP contribution in [0.15, 0.2) is 25.0 Å². The maximum atomic E-state index is 9.16. The van der Waals surface area contributed by atoms with Gasteiger partial charge in [-0.2, -0.15) is 0 Å². The highest BCUT2D eigenvalue weighted by atomic mass is 32.1. The minimum absolute atomic E-state index is 0.584. The lowest BCUT2D eigenvalue weighted by Gasteiger charge is -1.99. The number of aliphatic hydroxyl groups is 1. The molecule has 2 heterocycles. The average molecular weight is 220 g/mol. The molecule has 0 aliphatic heterocycles. The van der Waals surface area contributed by atoms with Gasteiger partial charge in [0.15, 0.2) is 5.01 Å². The van der Waals surface area contributed by atoms with Crippen molar-refractivity contribution >= 4 is 16.9 Å². The molecule has 0 amide bonds. The minimum Gasteiger partial charge on any atom is -0.515 e. The van der Waals surface area contributed by atoms with E-state index in [1.54, 1.807) is 12.4 Å². The van der Waals surface area contributed by atoms with Gasteiger partial charge in [0.1, 0.15) is 11.3 Å². The number of rotatable bonds is 2. The van der Waals surface area contributed by atoms with Gasteiger partial charge >= 0.3 is 0 Å². The van der Waals surface area contributed by atoms with Crippen LogP contribution in [0.3, 0.4) is 0 Å². The van der Waals surface area contributed by atoms with E-state index in [1.165, 1.54) is 17.7 Å². The summed E-state index contributed by atoms with van der Waals surface area (Å²) in [6.45, 7) is 1.86. The fourth-order valence-electron chi connectivity index (χ4n) is 1.10. The number of aliphatic hydroxyl groups excluding tert-OH is 1. The second-order valence-electron chi connectivity index (χ2n) is 2.80. The van der Waals surface area contributed by atoms with Gasteiger partial charge < -0.3 is 5.11 Å². The molecule has 2 aromatic rings. The zero-order valence-corrected chi connectivity index (χ0v) is 8.77. The van der Waals surface area contributed by atoms with Crippen molar-refractivity contribution in [3.05, 3.63) is 40.6 Å². The van der Waals surface area contributed by atoms with Crippen LogP contribution in [0.25, 0.3) is 5.57 Å². The van der Waals surface area contributed by atoms with Gasteiger partial charge in [0.2, 0.25) is 0 Å². The Morgan fingerprint density at radius 1 is 1.33 bits per heavy atom. The molecule has 0 atom stereocenters. The van der Waals surface area contributed by atoms with E-state index in [0.29, 0.717) is 10.6 Å². The van der Waals surface area contributed by atoms with Crippen LogP contribution in [0, 0.1) is 6.92 Å². The maximum Gasteiger partial charge on any atom is 0.151 e. The van der Waals surface area contributed by atoms with Crippen LogP contribution in [0.1, 0.15) is 15.6 Å². The lowest BCUT2D eigenvalue weighted by molar-refractivity contribution is 0.476. The predicted octanol–water partition coefficient (Wildman–Crippen LogP) is 1.58. The first-order valence-corrected chi connectivity index (χ1v) is 5.03. The van der Waals surface area contributed by atoms with E-state index in [2.05, 4.69) is 20.2 Å². The van der Waals surface area contributed by atoms with Crippen molar-refractivity contribution in [1.82, 2.24) is 20.2 Å². The third-order valence-electron chi connectivity index (χ3n) is 1.76. The SMILES string of the molecule is Cc1nnc(/C(=C/O)c2cncnc2)s1. The van der Waals surface area contributed by atoms with E-state index in [-0.39, 0.29) is 0 Å². The second-order valence-corrected chi connectivity index (χ2v) is 3.98. The van der Waals surface area contributed by atoms with Crippen LogP contribution >= 0.6 is 11.3 Å². The van der Waals surface area contributed by atoms with Gasteiger partial charge in [0.05, 0.1) is 11.8 Å². The first kappa shape index (κ1) is 9.72. The Morgan fingerprint density at radius 2 is 2.07 bits per heavy atom. The lowest BCUT2D eigenvalue weighted by atomic mass is 10.2. The Morgan fingerprint density at radius 3 is 2.60 bits per heavy atom. The molecule has 0 saturated heterocycles. The molecular weight excluding hydrogens is 212 g/mol. The molecule has 0 radical (unpaired) electrons. The highest BCUT2D eigenvalue weighted by Gasteiger charge is 2.10. The van der Waals surface area contributed by atoms with E-state index in [1.807, 2.05) is 6.92 Å². The molecule has 2 rings (SSSR count). The van der Waals surface area contributed by atoms with Gasteiger partial charge in [0.25, 0.3) is 0 Å². The minimum atomic E-state index is 0.584. The molecule has 76 valence electrons. The van der Waals surface area contributed by atoms with Crippen molar-refractivity contribution in [2.45, 2.75) is 6.92 Å².